The molecule has 2 saturated heterocycles. The van der Waals surface area contributed by atoms with Crippen LogP contribution >= 0.6 is 0 Å². The molecule has 2 aromatic carbocycles. The van der Waals surface area contributed by atoms with Gasteiger partial charge in [-0.3, -0.25) is 9.80 Å². The van der Waals surface area contributed by atoms with Gasteiger partial charge in [-0.2, -0.15) is 0 Å². The van der Waals surface area contributed by atoms with Crippen molar-refractivity contribution >= 4 is 5.69 Å². The number of piperidine rings is 2. The molecular weight excluding hydrogens is 386 g/mol. The largest absolute Gasteiger partial charge is 0.454 e. The molecule has 4 heterocycles. The van der Waals surface area contributed by atoms with Gasteiger partial charge in [-0.05, 0) is 61.9 Å². The van der Waals surface area contributed by atoms with E-state index in [4.69, 9.17) is 9.47 Å². The summed E-state index contributed by atoms with van der Waals surface area (Å²) in [6, 6.07) is 16.8. The van der Waals surface area contributed by atoms with Gasteiger partial charge >= 0.3 is 0 Å². The fraction of sp³-hybridized carbons (Fsp3) is 0.538. The first-order valence-corrected chi connectivity index (χ1v) is 12.0. The summed E-state index contributed by atoms with van der Waals surface area (Å²) in [5.74, 6) is 1.76. The smallest absolute Gasteiger partial charge is 0.231 e. The molecule has 4 aliphatic heterocycles. The van der Waals surface area contributed by atoms with Crippen LogP contribution in [0.15, 0.2) is 42.5 Å². The summed E-state index contributed by atoms with van der Waals surface area (Å²) in [6.45, 7) is 7.48. The van der Waals surface area contributed by atoms with Crippen molar-refractivity contribution in [3.05, 3.63) is 53.6 Å². The Kier molecular flexibility index (Phi) is 5.24. The number of nitrogens with zero attached hydrogens (tertiary/aromatic N) is 3. The number of likely N-dealkylation sites (tertiary alicyclic amines) is 1. The van der Waals surface area contributed by atoms with Crippen LogP contribution < -0.4 is 14.4 Å². The van der Waals surface area contributed by atoms with Crippen molar-refractivity contribution in [2.45, 2.75) is 50.7 Å². The minimum absolute atomic E-state index is 0.347. The topological polar surface area (TPSA) is 28.2 Å². The Morgan fingerprint density at radius 2 is 1.58 bits per heavy atom. The van der Waals surface area contributed by atoms with Crippen molar-refractivity contribution in [1.82, 2.24) is 9.80 Å². The van der Waals surface area contributed by atoms with E-state index in [1.165, 1.54) is 57.4 Å². The van der Waals surface area contributed by atoms with Gasteiger partial charge in [0.25, 0.3) is 0 Å². The lowest BCUT2D eigenvalue weighted by molar-refractivity contribution is 0.0558. The lowest BCUT2D eigenvalue weighted by atomic mass is 9.94. The Morgan fingerprint density at radius 3 is 2.48 bits per heavy atom. The number of benzene rings is 2. The van der Waals surface area contributed by atoms with Crippen molar-refractivity contribution in [2.24, 2.45) is 0 Å². The van der Waals surface area contributed by atoms with E-state index in [1.54, 1.807) is 11.1 Å². The number of anilines is 1. The highest BCUT2D eigenvalue weighted by molar-refractivity contribution is 5.57. The first kappa shape index (κ1) is 19.4. The molecule has 0 saturated carbocycles. The lowest BCUT2D eigenvalue weighted by Crippen LogP contribution is -2.54. The van der Waals surface area contributed by atoms with Crippen LogP contribution in [0.25, 0.3) is 0 Å². The van der Waals surface area contributed by atoms with E-state index in [2.05, 4.69) is 57.2 Å². The van der Waals surface area contributed by atoms with E-state index in [0.29, 0.717) is 12.8 Å². The molecule has 4 aliphatic rings. The molecule has 2 fully saturated rings. The van der Waals surface area contributed by atoms with E-state index in [1.807, 2.05) is 0 Å². The van der Waals surface area contributed by atoms with Crippen molar-refractivity contribution in [2.75, 3.05) is 44.4 Å². The molecule has 164 valence electrons. The number of ether oxygens (including phenoxy) is 2. The van der Waals surface area contributed by atoms with Gasteiger partial charge in [-0.25, -0.2) is 0 Å². The van der Waals surface area contributed by atoms with Crippen molar-refractivity contribution < 1.29 is 9.47 Å². The molecule has 0 spiro atoms. The van der Waals surface area contributed by atoms with Crippen molar-refractivity contribution in [3.63, 3.8) is 0 Å². The van der Waals surface area contributed by atoms with Crippen LogP contribution in [0.4, 0.5) is 5.69 Å². The van der Waals surface area contributed by atoms with Crippen LogP contribution in [0.5, 0.6) is 11.5 Å². The van der Waals surface area contributed by atoms with Crippen LogP contribution in [-0.4, -0.2) is 61.4 Å². The van der Waals surface area contributed by atoms with Crippen LogP contribution in [0.1, 0.15) is 36.8 Å². The molecule has 0 aromatic heterocycles. The monoisotopic (exact) mass is 419 g/mol. The molecular formula is C26H33N3O2. The number of rotatable bonds is 3. The maximum atomic E-state index is 5.58. The number of fused-ring (bicyclic) bond motifs is 2. The Hall–Kier alpha value is -2.24. The highest BCUT2D eigenvalue weighted by Gasteiger charge is 2.32. The van der Waals surface area contributed by atoms with Gasteiger partial charge in [0.2, 0.25) is 6.79 Å². The van der Waals surface area contributed by atoms with E-state index in [9.17, 15) is 0 Å². The van der Waals surface area contributed by atoms with E-state index in [-0.39, 0.29) is 0 Å². The molecule has 2 aromatic rings. The van der Waals surface area contributed by atoms with Gasteiger partial charge in [0, 0.05) is 56.6 Å². The van der Waals surface area contributed by atoms with Gasteiger partial charge in [0.15, 0.2) is 11.5 Å². The average Bonchev–Trinajstić information content (AvgIpc) is 3.32. The minimum Gasteiger partial charge on any atom is -0.454 e. The third kappa shape index (κ3) is 3.90. The zero-order valence-electron chi connectivity index (χ0n) is 18.3. The average molecular weight is 420 g/mol. The molecule has 1 unspecified atom stereocenters. The fourth-order valence-corrected chi connectivity index (χ4v) is 6.01. The van der Waals surface area contributed by atoms with Gasteiger partial charge < -0.3 is 14.4 Å². The molecule has 0 aliphatic carbocycles. The van der Waals surface area contributed by atoms with Crippen LogP contribution in [0, 0.1) is 0 Å². The molecule has 0 bridgehead atoms. The molecule has 31 heavy (non-hydrogen) atoms. The zero-order chi connectivity index (χ0) is 20.6. The quantitative estimate of drug-likeness (QED) is 0.752. The summed E-state index contributed by atoms with van der Waals surface area (Å²) in [5.41, 5.74) is 4.37. The Labute approximate surface area is 185 Å². The van der Waals surface area contributed by atoms with Gasteiger partial charge in [0.1, 0.15) is 0 Å². The molecule has 0 radical (unpaired) electrons. The Bertz CT molecular complexity index is 925. The predicted molar refractivity (Wildman–Crippen MR) is 123 cm³/mol. The summed E-state index contributed by atoms with van der Waals surface area (Å²) in [5, 5.41) is 0. The maximum Gasteiger partial charge on any atom is 0.231 e. The fourth-order valence-electron chi connectivity index (χ4n) is 6.01. The van der Waals surface area contributed by atoms with Gasteiger partial charge in [-0.1, -0.05) is 24.3 Å². The molecule has 1 atom stereocenters. The Balaban J connectivity index is 1.06. The zero-order valence-corrected chi connectivity index (χ0v) is 18.3. The second kappa shape index (κ2) is 8.36. The highest BCUT2D eigenvalue weighted by Crippen LogP contribution is 2.36. The van der Waals surface area contributed by atoms with Crippen LogP contribution in [0.3, 0.4) is 0 Å². The lowest BCUT2D eigenvalue weighted by Gasteiger charge is -2.46. The summed E-state index contributed by atoms with van der Waals surface area (Å²) in [6.07, 6.45) is 6.41. The molecule has 0 N–H and O–H groups in total. The third-order valence-corrected chi connectivity index (χ3v) is 7.81. The van der Waals surface area contributed by atoms with E-state index >= 15 is 0 Å². The predicted octanol–water partition coefficient (Wildman–Crippen LogP) is 3.91. The number of hydrogen-bond acceptors (Lipinski definition) is 5. The summed E-state index contributed by atoms with van der Waals surface area (Å²) in [7, 11) is 0. The van der Waals surface area contributed by atoms with E-state index < -0.39 is 0 Å². The Morgan fingerprint density at radius 1 is 0.742 bits per heavy atom. The molecule has 0 amide bonds. The normalized spacial score (nSPS) is 24.9. The second-order valence-electron chi connectivity index (χ2n) is 9.54. The summed E-state index contributed by atoms with van der Waals surface area (Å²) in [4.78, 5) is 8.09. The molecule has 5 nitrogen and oxygen atoms in total. The van der Waals surface area contributed by atoms with Gasteiger partial charge in [0.05, 0.1) is 0 Å². The first-order chi connectivity index (χ1) is 15.3. The highest BCUT2D eigenvalue weighted by atomic mass is 16.7. The third-order valence-electron chi connectivity index (χ3n) is 7.81. The van der Waals surface area contributed by atoms with E-state index in [0.717, 1.165) is 37.2 Å². The molecule has 5 heteroatoms. The second-order valence-corrected chi connectivity index (χ2v) is 9.54. The maximum absolute atomic E-state index is 5.58. The molecule has 6 rings (SSSR count). The van der Waals surface area contributed by atoms with Crippen LogP contribution in [0.2, 0.25) is 0 Å². The summed E-state index contributed by atoms with van der Waals surface area (Å²) < 4.78 is 11.0. The van der Waals surface area contributed by atoms with Crippen LogP contribution in [-0.2, 0) is 13.0 Å². The SMILES string of the molecule is c1ccc2c(c1)CCN(C1CCCN(C3CCN(c4ccc5c(c4)OCO5)CC3)C1)C2. The standard InChI is InChI=1S/C26H33N3O2/c1-2-5-21-17-29(13-9-20(21)4-1)24-6-3-12-28(18-24)22-10-14-27(15-11-22)23-7-8-25-26(16-23)31-19-30-25/h1-2,4-5,7-8,16,22,24H,3,6,9-15,17-19H2. The minimum atomic E-state index is 0.347. The van der Waals surface area contributed by atoms with Crippen molar-refractivity contribution in [3.8, 4) is 11.5 Å². The summed E-state index contributed by atoms with van der Waals surface area (Å²) >= 11 is 0. The first-order valence-electron chi connectivity index (χ1n) is 12.0. The van der Waals surface area contributed by atoms with Crippen molar-refractivity contribution in [1.29, 1.82) is 0 Å². The van der Waals surface area contributed by atoms with Gasteiger partial charge in [-0.15, -0.1) is 0 Å². The number of hydrogen-bond donors (Lipinski definition) is 0.